The molecule has 6 heteroatoms. The first-order valence-electron chi connectivity index (χ1n) is 34.0. The third kappa shape index (κ3) is 67.7. The fraction of sp³-hybridized carbons (Fsp3) is 0.623. The first-order chi connectivity index (χ1) is 41.0. The number of carbonyl (C=O) groups excluding carboxylic acids is 3. The number of rotatable bonds is 60. The van der Waals surface area contributed by atoms with Gasteiger partial charge in [0, 0.05) is 19.3 Å². The van der Waals surface area contributed by atoms with Crippen molar-refractivity contribution in [3.05, 3.63) is 158 Å². The minimum absolute atomic E-state index is 0.103. The van der Waals surface area contributed by atoms with Crippen LogP contribution in [-0.4, -0.2) is 37.2 Å². The van der Waals surface area contributed by atoms with E-state index in [2.05, 4.69) is 179 Å². The first kappa shape index (κ1) is 78.0. The van der Waals surface area contributed by atoms with E-state index in [1.165, 1.54) is 103 Å². The van der Waals surface area contributed by atoms with Crippen molar-refractivity contribution in [1.82, 2.24) is 0 Å². The standard InChI is InChI=1S/C77H124O6/c1-4-7-10-13-16-19-22-25-28-30-32-34-36-37-38-39-41-42-44-46-49-52-55-58-61-64-67-70-76(79)82-73-74(72-81-75(78)69-66-63-60-57-54-51-48-27-24-21-18-15-12-9-6-3)83-77(80)71-68-65-62-59-56-53-50-47-45-43-40-35-33-31-29-26-23-20-17-14-11-8-5-2/h7-8,10-11,16-17,19-20,25-29,32-35,37-38,41-42,46,48-49,55,58,74H,4-6,9,12-15,18,21-24,30-31,36,39-40,43-45,47,50-54,56-57,59-73H2,1-3H3/b10-7-,11-8-,19-16-,20-17-,28-25-,29-26-,34-32-,35-33-,38-37-,42-41-,48-27-,49-46-,58-55-. The molecule has 0 aliphatic rings. The number of esters is 3. The van der Waals surface area contributed by atoms with Crippen molar-refractivity contribution in [2.75, 3.05) is 13.2 Å². The Morgan fingerprint density at radius 3 is 0.771 bits per heavy atom. The largest absolute Gasteiger partial charge is 0.462 e. The predicted molar refractivity (Wildman–Crippen MR) is 362 cm³/mol. The molecule has 0 spiro atoms. The number of hydrogen-bond donors (Lipinski definition) is 0. The van der Waals surface area contributed by atoms with Crippen LogP contribution >= 0.6 is 0 Å². The molecule has 6 nitrogen and oxygen atoms in total. The van der Waals surface area contributed by atoms with Gasteiger partial charge in [-0.2, -0.15) is 0 Å². The van der Waals surface area contributed by atoms with Crippen LogP contribution in [0.25, 0.3) is 0 Å². The Balaban J connectivity index is 4.48. The van der Waals surface area contributed by atoms with E-state index in [0.717, 1.165) is 141 Å². The van der Waals surface area contributed by atoms with Gasteiger partial charge in [0.15, 0.2) is 6.10 Å². The summed E-state index contributed by atoms with van der Waals surface area (Å²) in [6, 6.07) is 0. The van der Waals surface area contributed by atoms with Gasteiger partial charge < -0.3 is 14.2 Å². The van der Waals surface area contributed by atoms with Gasteiger partial charge in [-0.3, -0.25) is 14.4 Å². The molecule has 1 unspecified atom stereocenters. The summed E-state index contributed by atoms with van der Waals surface area (Å²) in [5.74, 6) is -0.959. The van der Waals surface area contributed by atoms with E-state index >= 15 is 0 Å². The highest BCUT2D eigenvalue weighted by atomic mass is 16.6. The summed E-state index contributed by atoms with van der Waals surface area (Å²) in [4.78, 5) is 38.4. The number of ether oxygens (including phenoxy) is 3. The molecule has 0 aliphatic carbocycles. The van der Waals surface area contributed by atoms with Crippen LogP contribution in [0, 0.1) is 0 Å². The molecule has 0 radical (unpaired) electrons. The second-order valence-electron chi connectivity index (χ2n) is 22.0. The monoisotopic (exact) mass is 1140 g/mol. The Morgan fingerprint density at radius 2 is 0.470 bits per heavy atom. The number of unbranched alkanes of at least 4 members (excludes halogenated alkanes) is 23. The zero-order valence-corrected chi connectivity index (χ0v) is 53.7. The zero-order valence-electron chi connectivity index (χ0n) is 53.7. The molecule has 0 rings (SSSR count). The molecule has 0 fully saturated rings. The Bertz CT molecular complexity index is 1840. The highest BCUT2D eigenvalue weighted by Gasteiger charge is 2.19. The summed E-state index contributed by atoms with van der Waals surface area (Å²) < 4.78 is 16.9. The summed E-state index contributed by atoms with van der Waals surface area (Å²) >= 11 is 0. The normalized spacial score (nSPS) is 13.1. The fourth-order valence-electron chi connectivity index (χ4n) is 8.97. The van der Waals surface area contributed by atoms with Crippen LogP contribution in [0.15, 0.2) is 158 Å². The van der Waals surface area contributed by atoms with Gasteiger partial charge in [-0.1, -0.05) is 281 Å². The van der Waals surface area contributed by atoms with Crippen LogP contribution in [0.5, 0.6) is 0 Å². The Kier molecular flexibility index (Phi) is 65.4. The summed E-state index contributed by atoms with van der Waals surface area (Å²) in [5, 5.41) is 0. The number of carbonyl (C=O) groups is 3. The fourth-order valence-corrected chi connectivity index (χ4v) is 8.97. The lowest BCUT2D eigenvalue weighted by Crippen LogP contribution is -2.30. The van der Waals surface area contributed by atoms with Crippen LogP contribution in [0.3, 0.4) is 0 Å². The van der Waals surface area contributed by atoms with Crippen molar-refractivity contribution in [3.63, 3.8) is 0 Å². The van der Waals surface area contributed by atoms with E-state index in [1.54, 1.807) is 0 Å². The topological polar surface area (TPSA) is 78.9 Å². The SMILES string of the molecule is CC/C=C\C/C=C\C/C=C\C/C=C\C/C=C\C/C=C\C/C=C\C/C=C\CCCCC(=O)OCC(COC(=O)CCCCCCC/C=C\CCCCCCCC)OC(=O)CCCCCCCCCCCC/C=C\C/C=C\C/C=C\C/C=C\CC. The van der Waals surface area contributed by atoms with Crippen LogP contribution in [0.1, 0.15) is 290 Å². The van der Waals surface area contributed by atoms with Crippen molar-refractivity contribution in [3.8, 4) is 0 Å². The second-order valence-corrected chi connectivity index (χ2v) is 22.0. The van der Waals surface area contributed by atoms with Crippen molar-refractivity contribution < 1.29 is 28.6 Å². The molecule has 0 saturated carbocycles. The van der Waals surface area contributed by atoms with Crippen molar-refractivity contribution in [1.29, 1.82) is 0 Å². The zero-order chi connectivity index (χ0) is 59.9. The summed E-state index contributed by atoms with van der Waals surface area (Å²) in [6.45, 7) is 6.37. The Morgan fingerprint density at radius 1 is 0.253 bits per heavy atom. The van der Waals surface area contributed by atoms with E-state index in [1.807, 2.05) is 0 Å². The average Bonchev–Trinajstić information content (AvgIpc) is 3.49. The van der Waals surface area contributed by atoms with Gasteiger partial charge in [-0.15, -0.1) is 0 Å². The summed E-state index contributed by atoms with van der Waals surface area (Å²) in [5.41, 5.74) is 0. The summed E-state index contributed by atoms with van der Waals surface area (Å²) in [7, 11) is 0. The van der Waals surface area contributed by atoms with Crippen molar-refractivity contribution >= 4 is 17.9 Å². The number of allylic oxidation sites excluding steroid dienone is 26. The van der Waals surface area contributed by atoms with Gasteiger partial charge >= 0.3 is 17.9 Å². The molecule has 0 N–H and O–H groups in total. The molecule has 0 aliphatic heterocycles. The molecule has 0 heterocycles. The summed E-state index contributed by atoms with van der Waals surface area (Å²) in [6.07, 6.45) is 101. The van der Waals surface area contributed by atoms with E-state index < -0.39 is 6.10 Å². The van der Waals surface area contributed by atoms with E-state index in [-0.39, 0.29) is 31.1 Å². The van der Waals surface area contributed by atoms with Gasteiger partial charge in [0.05, 0.1) is 0 Å². The molecule has 0 aromatic heterocycles. The minimum atomic E-state index is -0.811. The maximum Gasteiger partial charge on any atom is 0.306 e. The number of hydrogen-bond acceptors (Lipinski definition) is 6. The third-order valence-electron chi connectivity index (χ3n) is 14.0. The maximum atomic E-state index is 13.0. The van der Waals surface area contributed by atoms with E-state index in [0.29, 0.717) is 25.7 Å². The van der Waals surface area contributed by atoms with Gasteiger partial charge in [0.2, 0.25) is 0 Å². The quantitative estimate of drug-likeness (QED) is 0.0261. The van der Waals surface area contributed by atoms with Crippen LogP contribution in [-0.2, 0) is 28.6 Å². The van der Waals surface area contributed by atoms with E-state index in [9.17, 15) is 14.4 Å². The van der Waals surface area contributed by atoms with Gasteiger partial charge in [0.25, 0.3) is 0 Å². The van der Waals surface area contributed by atoms with Crippen LogP contribution in [0.2, 0.25) is 0 Å². The molecule has 0 aromatic carbocycles. The van der Waals surface area contributed by atoms with Crippen molar-refractivity contribution in [2.24, 2.45) is 0 Å². The van der Waals surface area contributed by atoms with Gasteiger partial charge in [-0.25, -0.2) is 0 Å². The second kappa shape index (κ2) is 69.5. The molecule has 0 saturated heterocycles. The van der Waals surface area contributed by atoms with E-state index in [4.69, 9.17) is 14.2 Å². The first-order valence-corrected chi connectivity index (χ1v) is 34.0. The molecule has 1 atom stereocenters. The maximum absolute atomic E-state index is 13.0. The Hall–Kier alpha value is -4.97. The predicted octanol–water partition coefficient (Wildman–Crippen LogP) is 23.7. The molecule has 468 valence electrons. The smallest absolute Gasteiger partial charge is 0.306 e. The average molecular weight is 1150 g/mol. The molecule has 83 heavy (non-hydrogen) atoms. The molecule has 0 bridgehead atoms. The molecular weight excluding hydrogens is 1020 g/mol. The lowest BCUT2D eigenvalue weighted by atomic mass is 10.0. The highest BCUT2D eigenvalue weighted by molar-refractivity contribution is 5.71. The lowest BCUT2D eigenvalue weighted by Gasteiger charge is -2.18. The Labute approximate surface area is 511 Å². The van der Waals surface area contributed by atoms with Gasteiger partial charge in [0.1, 0.15) is 13.2 Å². The van der Waals surface area contributed by atoms with Crippen LogP contribution < -0.4 is 0 Å². The molecular formula is C77H124O6. The highest BCUT2D eigenvalue weighted by Crippen LogP contribution is 2.15. The third-order valence-corrected chi connectivity index (χ3v) is 14.0. The minimum Gasteiger partial charge on any atom is -0.462 e. The van der Waals surface area contributed by atoms with Gasteiger partial charge in [-0.05, 0) is 148 Å². The molecule has 0 aromatic rings. The lowest BCUT2D eigenvalue weighted by molar-refractivity contribution is -0.167. The molecule has 0 amide bonds. The van der Waals surface area contributed by atoms with Crippen LogP contribution in [0.4, 0.5) is 0 Å². The van der Waals surface area contributed by atoms with Crippen molar-refractivity contribution in [2.45, 2.75) is 297 Å².